The Morgan fingerprint density at radius 1 is 1.33 bits per heavy atom. The fraction of sp³-hybridized carbons (Fsp3) is 0.471. The number of aryl methyl sites for hydroxylation is 2. The van der Waals surface area contributed by atoms with Crippen molar-refractivity contribution in [1.82, 2.24) is 24.8 Å². The van der Waals surface area contributed by atoms with Gasteiger partial charge in [-0.15, -0.1) is 0 Å². The summed E-state index contributed by atoms with van der Waals surface area (Å²) in [7, 11) is 0. The van der Waals surface area contributed by atoms with Crippen LogP contribution >= 0.6 is 0 Å². The highest BCUT2D eigenvalue weighted by Gasteiger charge is 2.30. The van der Waals surface area contributed by atoms with Crippen LogP contribution in [0.1, 0.15) is 41.9 Å². The van der Waals surface area contributed by atoms with E-state index in [1.165, 1.54) is 5.56 Å². The third-order valence-electron chi connectivity index (χ3n) is 4.41. The van der Waals surface area contributed by atoms with Crippen LogP contribution in [0.25, 0.3) is 5.65 Å². The van der Waals surface area contributed by atoms with E-state index >= 15 is 0 Å². The molecule has 7 nitrogen and oxygen atoms in total. The number of aromatic nitrogens is 4. The standard InChI is InChI=1S/C17H21N5O2/c1-11-4-3-7-22-13(9-19-16(11)22)8-18-10-14-5-6-15(23-14)17-20-12(2)21-24-17/h3-4,7,9,14-15,18H,5-6,8,10H2,1-2H3/t14-,15+/m1/s1. The largest absolute Gasteiger partial charge is 0.364 e. The molecule has 1 aliphatic rings. The Labute approximate surface area is 140 Å². The van der Waals surface area contributed by atoms with Gasteiger partial charge in [-0.05, 0) is 38.3 Å². The van der Waals surface area contributed by atoms with Crippen molar-refractivity contribution in [3.63, 3.8) is 0 Å². The lowest BCUT2D eigenvalue weighted by molar-refractivity contribution is 0.0263. The highest BCUT2D eigenvalue weighted by atomic mass is 16.5. The molecule has 1 aliphatic heterocycles. The molecule has 0 bridgehead atoms. The number of imidazole rings is 1. The maximum Gasteiger partial charge on any atom is 0.255 e. The molecular formula is C17H21N5O2. The van der Waals surface area contributed by atoms with Crippen molar-refractivity contribution < 1.29 is 9.26 Å². The van der Waals surface area contributed by atoms with Crippen molar-refractivity contribution in [2.75, 3.05) is 6.54 Å². The molecule has 4 rings (SSSR count). The minimum absolute atomic E-state index is 0.0727. The lowest BCUT2D eigenvalue weighted by atomic mass is 10.2. The summed E-state index contributed by atoms with van der Waals surface area (Å²) in [4.78, 5) is 8.74. The van der Waals surface area contributed by atoms with Crippen LogP contribution in [0.5, 0.6) is 0 Å². The Morgan fingerprint density at radius 2 is 2.25 bits per heavy atom. The van der Waals surface area contributed by atoms with Crippen molar-refractivity contribution in [2.45, 2.75) is 45.4 Å². The Morgan fingerprint density at radius 3 is 3.08 bits per heavy atom. The third-order valence-corrected chi connectivity index (χ3v) is 4.41. The summed E-state index contributed by atoms with van der Waals surface area (Å²) in [5.74, 6) is 1.24. The molecule has 0 aromatic carbocycles. The summed E-state index contributed by atoms with van der Waals surface area (Å²) in [6, 6.07) is 4.12. The number of hydrogen-bond acceptors (Lipinski definition) is 6. The van der Waals surface area contributed by atoms with Crippen LogP contribution in [0.4, 0.5) is 0 Å². The lowest BCUT2D eigenvalue weighted by Gasteiger charge is -2.12. The summed E-state index contributed by atoms with van der Waals surface area (Å²) in [6.07, 6.45) is 5.98. The van der Waals surface area contributed by atoms with Crippen molar-refractivity contribution in [3.05, 3.63) is 47.5 Å². The van der Waals surface area contributed by atoms with Gasteiger partial charge in [0.1, 0.15) is 11.8 Å². The summed E-state index contributed by atoms with van der Waals surface area (Å²) >= 11 is 0. The molecule has 1 fully saturated rings. The van der Waals surface area contributed by atoms with E-state index in [9.17, 15) is 0 Å². The maximum atomic E-state index is 6.01. The smallest absolute Gasteiger partial charge is 0.255 e. The van der Waals surface area contributed by atoms with Crippen molar-refractivity contribution in [1.29, 1.82) is 0 Å². The molecule has 0 saturated carbocycles. The molecular weight excluding hydrogens is 306 g/mol. The zero-order valence-corrected chi connectivity index (χ0v) is 13.9. The summed E-state index contributed by atoms with van der Waals surface area (Å²) in [5.41, 5.74) is 3.34. The molecule has 7 heteroatoms. The van der Waals surface area contributed by atoms with E-state index in [1.807, 2.05) is 25.4 Å². The Hall–Kier alpha value is -2.25. The monoisotopic (exact) mass is 327 g/mol. The molecule has 0 aliphatic carbocycles. The van der Waals surface area contributed by atoms with Crippen LogP contribution < -0.4 is 5.32 Å². The molecule has 3 aromatic rings. The quantitative estimate of drug-likeness (QED) is 0.775. The van der Waals surface area contributed by atoms with Crippen molar-refractivity contribution >= 4 is 5.65 Å². The highest BCUT2D eigenvalue weighted by molar-refractivity contribution is 5.48. The first-order valence-electron chi connectivity index (χ1n) is 8.28. The van der Waals surface area contributed by atoms with Gasteiger partial charge in [0.25, 0.3) is 5.89 Å². The average Bonchev–Trinajstić information content (AvgIpc) is 3.28. The van der Waals surface area contributed by atoms with E-state index in [0.29, 0.717) is 11.7 Å². The number of fused-ring (bicyclic) bond motifs is 1. The van der Waals surface area contributed by atoms with Crippen LogP contribution in [0.15, 0.2) is 29.0 Å². The van der Waals surface area contributed by atoms with Crippen molar-refractivity contribution in [2.24, 2.45) is 0 Å². The number of hydrogen-bond donors (Lipinski definition) is 1. The average molecular weight is 327 g/mol. The summed E-state index contributed by atoms with van der Waals surface area (Å²) < 4.78 is 13.3. The van der Waals surface area contributed by atoms with Gasteiger partial charge in [0.15, 0.2) is 5.82 Å². The van der Waals surface area contributed by atoms with Gasteiger partial charge in [0, 0.05) is 19.3 Å². The van der Waals surface area contributed by atoms with E-state index in [-0.39, 0.29) is 12.2 Å². The zero-order chi connectivity index (χ0) is 16.5. The van der Waals surface area contributed by atoms with Gasteiger partial charge in [-0.2, -0.15) is 4.98 Å². The van der Waals surface area contributed by atoms with Gasteiger partial charge in [-0.25, -0.2) is 4.98 Å². The van der Waals surface area contributed by atoms with Crippen molar-refractivity contribution in [3.8, 4) is 0 Å². The Kier molecular flexibility index (Phi) is 4.03. The minimum Gasteiger partial charge on any atom is -0.364 e. The molecule has 0 spiro atoms. The number of pyridine rings is 1. The number of rotatable bonds is 5. The van der Waals surface area contributed by atoms with Crippen LogP contribution in [0, 0.1) is 13.8 Å². The van der Waals surface area contributed by atoms with Gasteiger partial charge in [-0.3, -0.25) is 0 Å². The Bertz CT molecular complexity index is 840. The van der Waals surface area contributed by atoms with Crippen LogP contribution in [0.2, 0.25) is 0 Å². The number of nitrogens with zero attached hydrogens (tertiary/aromatic N) is 4. The molecule has 0 amide bonds. The van der Waals surface area contributed by atoms with Crippen LogP contribution in [0.3, 0.4) is 0 Å². The fourth-order valence-corrected chi connectivity index (χ4v) is 3.18. The van der Waals surface area contributed by atoms with E-state index in [0.717, 1.165) is 37.3 Å². The molecule has 1 saturated heterocycles. The lowest BCUT2D eigenvalue weighted by Crippen LogP contribution is -2.26. The van der Waals surface area contributed by atoms with Crippen LogP contribution in [-0.2, 0) is 11.3 Å². The fourth-order valence-electron chi connectivity index (χ4n) is 3.18. The normalized spacial score (nSPS) is 20.9. The van der Waals surface area contributed by atoms with Gasteiger partial charge < -0.3 is 19.0 Å². The molecule has 3 aromatic heterocycles. The summed E-state index contributed by atoms with van der Waals surface area (Å²) in [5, 5.41) is 7.29. The second-order valence-corrected chi connectivity index (χ2v) is 6.27. The van der Waals surface area contributed by atoms with Gasteiger partial charge in [-0.1, -0.05) is 11.2 Å². The van der Waals surface area contributed by atoms with E-state index < -0.39 is 0 Å². The van der Waals surface area contributed by atoms with E-state index in [2.05, 4.69) is 37.8 Å². The molecule has 2 atom stereocenters. The molecule has 4 heterocycles. The van der Waals surface area contributed by atoms with E-state index in [4.69, 9.17) is 9.26 Å². The molecule has 1 N–H and O–H groups in total. The SMILES string of the molecule is Cc1noc([C@@H]2CC[C@H](CNCc3cnc4c(C)cccn34)O2)n1. The predicted octanol–water partition coefficient (Wildman–Crippen LogP) is 2.34. The van der Waals surface area contributed by atoms with E-state index in [1.54, 1.807) is 0 Å². The minimum atomic E-state index is -0.0727. The predicted molar refractivity (Wildman–Crippen MR) is 87.5 cm³/mol. The highest BCUT2D eigenvalue weighted by Crippen LogP contribution is 2.31. The third kappa shape index (κ3) is 2.92. The van der Waals surface area contributed by atoms with Gasteiger partial charge in [0.05, 0.1) is 18.0 Å². The number of ether oxygens (including phenoxy) is 1. The van der Waals surface area contributed by atoms with Crippen LogP contribution in [-0.4, -0.2) is 32.2 Å². The topological polar surface area (TPSA) is 77.5 Å². The molecule has 0 radical (unpaired) electrons. The first-order chi connectivity index (χ1) is 11.7. The second kappa shape index (κ2) is 6.33. The first-order valence-corrected chi connectivity index (χ1v) is 8.28. The number of nitrogens with one attached hydrogen (secondary N) is 1. The second-order valence-electron chi connectivity index (χ2n) is 6.27. The van der Waals surface area contributed by atoms with Gasteiger partial charge in [0.2, 0.25) is 0 Å². The summed E-state index contributed by atoms with van der Waals surface area (Å²) in [6.45, 7) is 5.45. The molecule has 0 unspecified atom stereocenters. The maximum absolute atomic E-state index is 6.01. The first kappa shape index (κ1) is 15.3. The van der Waals surface area contributed by atoms with Gasteiger partial charge >= 0.3 is 0 Å². The Balaban J connectivity index is 1.32. The molecule has 24 heavy (non-hydrogen) atoms. The zero-order valence-electron chi connectivity index (χ0n) is 13.9. The molecule has 126 valence electrons.